The Kier molecular flexibility index (Phi) is 8.30. The second-order valence-electron chi connectivity index (χ2n) is 8.58. The van der Waals surface area contributed by atoms with E-state index < -0.39 is 0 Å². The lowest BCUT2D eigenvalue weighted by atomic mass is 10.1. The Labute approximate surface area is 196 Å². The molecule has 0 radical (unpaired) electrons. The van der Waals surface area contributed by atoms with E-state index >= 15 is 0 Å². The number of hydrogen-bond acceptors (Lipinski definition) is 3. The SMILES string of the molecule is Cc1ccc(NC(=O)N(CC(=O)N(CCc2ccccc2)Cc2ccc(C)o2)C(C)C)cc1. The van der Waals surface area contributed by atoms with Gasteiger partial charge in [0.05, 0.1) is 6.54 Å². The van der Waals surface area contributed by atoms with Crippen LogP contribution in [-0.2, 0) is 17.8 Å². The van der Waals surface area contributed by atoms with Gasteiger partial charge in [-0.05, 0) is 63.9 Å². The number of anilines is 1. The van der Waals surface area contributed by atoms with Crippen LogP contribution in [0.4, 0.5) is 10.5 Å². The van der Waals surface area contributed by atoms with E-state index in [0.29, 0.717) is 18.8 Å². The van der Waals surface area contributed by atoms with Gasteiger partial charge in [-0.15, -0.1) is 0 Å². The molecule has 1 aromatic heterocycles. The lowest BCUT2D eigenvalue weighted by molar-refractivity contribution is -0.133. The highest BCUT2D eigenvalue weighted by Gasteiger charge is 2.24. The summed E-state index contributed by atoms with van der Waals surface area (Å²) < 4.78 is 5.72. The Balaban J connectivity index is 1.71. The molecule has 6 heteroatoms. The van der Waals surface area contributed by atoms with Gasteiger partial charge in [0, 0.05) is 18.3 Å². The maximum absolute atomic E-state index is 13.4. The van der Waals surface area contributed by atoms with Gasteiger partial charge < -0.3 is 19.5 Å². The van der Waals surface area contributed by atoms with Gasteiger partial charge in [-0.1, -0.05) is 48.0 Å². The van der Waals surface area contributed by atoms with Crippen molar-refractivity contribution in [2.75, 3.05) is 18.4 Å². The fourth-order valence-electron chi connectivity index (χ4n) is 3.53. The smallest absolute Gasteiger partial charge is 0.322 e. The predicted octanol–water partition coefficient (Wildman–Crippen LogP) is 5.41. The molecule has 1 heterocycles. The normalized spacial score (nSPS) is 10.8. The quantitative estimate of drug-likeness (QED) is 0.477. The first-order chi connectivity index (χ1) is 15.8. The number of carbonyl (C=O) groups excluding carboxylic acids is 2. The van der Waals surface area contributed by atoms with Gasteiger partial charge in [-0.2, -0.15) is 0 Å². The molecule has 6 nitrogen and oxygen atoms in total. The third kappa shape index (κ3) is 7.24. The molecule has 3 rings (SSSR count). The zero-order chi connectivity index (χ0) is 23.8. The molecule has 1 N–H and O–H groups in total. The van der Waals surface area contributed by atoms with Crippen molar-refractivity contribution in [3.05, 3.63) is 89.4 Å². The molecule has 0 atom stereocenters. The Morgan fingerprint density at radius 1 is 0.939 bits per heavy atom. The largest absolute Gasteiger partial charge is 0.464 e. The highest BCUT2D eigenvalue weighted by molar-refractivity contribution is 5.92. The number of benzene rings is 2. The maximum Gasteiger partial charge on any atom is 0.322 e. The first-order valence-corrected chi connectivity index (χ1v) is 11.3. The minimum absolute atomic E-state index is 0.0101. The summed E-state index contributed by atoms with van der Waals surface area (Å²) in [6.07, 6.45) is 0.726. The van der Waals surface area contributed by atoms with E-state index in [1.807, 2.05) is 82.3 Å². The molecule has 0 aliphatic carbocycles. The third-order valence-corrected chi connectivity index (χ3v) is 5.50. The summed E-state index contributed by atoms with van der Waals surface area (Å²) in [5.41, 5.74) is 2.98. The number of carbonyl (C=O) groups is 2. The van der Waals surface area contributed by atoms with Gasteiger partial charge in [-0.3, -0.25) is 4.79 Å². The number of aryl methyl sites for hydroxylation is 2. The van der Waals surface area contributed by atoms with Crippen molar-refractivity contribution < 1.29 is 14.0 Å². The van der Waals surface area contributed by atoms with Gasteiger partial charge in [-0.25, -0.2) is 4.79 Å². The van der Waals surface area contributed by atoms with Crippen LogP contribution in [0, 0.1) is 13.8 Å². The number of hydrogen-bond donors (Lipinski definition) is 1. The maximum atomic E-state index is 13.4. The zero-order valence-corrected chi connectivity index (χ0v) is 19.9. The number of rotatable bonds is 9. The molecule has 0 bridgehead atoms. The first-order valence-electron chi connectivity index (χ1n) is 11.3. The van der Waals surface area contributed by atoms with Gasteiger partial charge in [0.25, 0.3) is 0 Å². The Morgan fingerprint density at radius 2 is 1.64 bits per heavy atom. The second-order valence-corrected chi connectivity index (χ2v) is 8.58. The Bertz CT molecular complexity index is 1040. The van der Waals surface area contributed by atoms with Gasteiger partial charge >= 0.3 is 6.03 Å². The molecule has 0 fully saturated rings. The third-order valence-electron chi connectivity index (χ3n) is 5.50. The molecule has 3 aromatic rings. The molecule has 174 valence electrons. The van der Waals surface area contributed by atoms with Crippen LogP contribution < -0.4 is 5.32 Å². The van der Waals surface area contributed by atoms with Crippen molar-refractivity contribution in [1.29, 1.82) is 0 Å². The molecule has 33 heavy (non-hydrogen) atoms. The van der Waals surface area contributed by atoms with E-state index in [1.165, 1.54) is 0 Å². The monoisotopic (exact) mass is 447 g/mol. The minimum Gasteiger partial charge on any atom is -0.464 e. The summed E-state index contributed by atoms with van der Waals surface area (Å²) in [4.78, 5) is 29.6. The van der Waals surface area contributed by atoms with Crippen molar-refractivity contribution in [3.8, 4) is 0 Å². The van der Waals surface area contributed by atoms with Crippen LogP contribution in [0.15, 0.2) is 71.1 Å². The lowest BCUT2D eigenvalue weighted by Crippen LogP contribution is -2.47. The lowest BCUT2D eigenvalue weighted by Gasteiger charge is -2.30. The minimum atomic E-state index is -0.293. The number of amides is 3. The summed E-state index contributed by atoms with van der Waals surface area (Å²) in [5, 5.41) is 2.90. The number of urea groups is 1. The Hall–Kier alpha value is -3.54. The zero-order valence-electron chi connectivity index (χ0n) is 19.9. The molecular formula is C27H33N3O3. The predicted molar refractivity (Wildman–Crippen MR) is 131 cm³/mol. The summed E-state index contributed by atoms with van der Waals surface area (Å²) in [5.74, 6) is 1.42. The average Bonchev–Trinajstić information content (AvgIpc) is 3.21. The van der Waals surface area contributed by atoms with Crippen LogP contribution in [0.25, 0.3) is 0 Å². The highest BCUT2D eigenvalue weighted by Crippen LogP contribution is 2.14. The van der Waals surface area contributed by atoms with Crippen LogP contribution in [-0.4, -0.2) is 40.9 Å². The van der Waals surface area contributed by atoms with Crippen molar-refractivity contribution in [1.82, 2.24) is 9.80 Å². The van der Waals surface area contributed by atoms with Gasteiger partial charge in [0.2, 0.25) is 5.91 Å². The molecule has 0 aliphatic heterocycles. The standard InChI is InChI=1S/C27H33N3O3/c1-20(2)30(27(32)28-24-13-10-21(3)11-14-24)19-26(31)29(18-25-15-12-22(4)33-25)17-16-23-8-6-5-7-9-23/h5-15,20H,16-19H2,1-4H3,(H,28,32). The van der Waals surface area contributed by atoms with Gasteiger partial charge in [0.15, 0.2) is 0 Å². The van der Waals surface area contributed by atoms with Crippen molar-refractivity contribution in [2.24, 2.45) is 0 Å². The Morgan fingerprint density at radius 3 is 2.24 bits per heavy atom. The topological polar surface area (TPSA) is 65.8 Å². The highest BCUT2D eigenvalue weighted by atomic mass is 16.3. The fraction of sp³-hybridized carbons (Fsp3) is 0.333. The summed E-state index contributed by atoms with van der Waals surface area (Å²) >= 11 is 0. The van der Waals surface area contributed by atoms with E-state index in [0.717, 1.165) is 29.1 Å². The number of furan rings is 1. The molecule has 3 amide bonds. The van der Waals surface area contributed by atoms with E-state index in [9.17, 15) is 9.59 Å². The molecule has 0 saturated carbocycles. The van der Waals surface area contributed by atoms with Crippen LogP contribution in [0.2, 0.25) is 0 Å². The van der Waals surface area contributed by atoms with E-state index in [2.05, 4.69) is 17.4 Å². The summed E-state index contributed by atoms with van der Waals surface area (Å²) in [6, 6.07) is 21.0. The van der Waals surface area contributed by atoms with Crippen molar-refractivity contribution in [2.45, 2.75) is 46.7 Å². The second kappa shape index (κ2) is 11.4. The van der Waals surface area contributed by atoms with Crippen molar-refractivity contribution >= 4 is 17.6 Å². The molecule has 0 aliphatic rings. The van der Waals surface area contributed by atoms with Crippen molar-refractivity contribution in [3.63, 3.8) is 0 Å². The fourth-order valence-corrected chi connectivity index (χ4v) is 3.53. The number of nitrogens with one attached hydrogen (secondary N) is 1. The van der Waals surface area contributed by atoms with Crippen LogP contribution in [0.3, 0.4) is 0 Å². The van der Waals surface area contributed by atoms with Gasteiger partial charge in [0.1, 0.15) is 18.1 Å². The van der Waals surface area contributed by atoms with Crippen LogP contribution in [0.1, 0.15) is 36.5 Å². The first kappa shape index (κ1) is 24.1. The van der Waals surface area contributed by atoms with Crippen LogP contribution in [0.5, 0.6) is 0 Å². The van der Waals surface area contributed by atoms with E-state index in [-0.39, 0.29) is 24.5 Å². The summed E-state index contributed by atoms with van der Waals surface area (Å²) in [6.45, 7) is 8.59. The van der Waals surface area contributed by atoms with E-state index in [4.69, 9.17) is 4.42 Å². The van der Waals surface area contributed by atoms with Crippen LogP contribution >= 0.6 is 0 Å². The number of nitrogens with zero attached hydrogens (tertiary/aromatic N) is 2. The average molecular weight is 448 g/mol. The summed E-state index contributed by atoms with van der Waals surface area (Å²) in [7, 11) is 0. The molecule has 0 unspecified atom stereocenters. The van der Waals surface area contributed by atoms with E-state index in [1.54, 1.807) is 9.80 Å². The molecular weight excluding hydrogens is 414 g/mol. The molecule has 0 spiro atoms. The molecule has 2 aromatic carbocycles. The molecule has 0 saturated heterocycles.